The lowest BCUT2D eigenvalue weighted by Gasteiger charge is -2.14. The third-order valence-electron chi connectivity index (χ3n) is 2.89. The van der Waals surface area contributed by atoms with Crippen LogP contribution < -0.4 is 0 Å². The second-order valence-corrected chi connectivity index (χ2v) is 5.28. The van der Waals surface area contributed by atoms with Gasteiger partial charge in [-0.1, -0.05) is 11.8 Å². The lowest BCUT2D eigenvalue weighted by molar-refractivity contribution is -0.133. The highest BCUT2D eigenvalue weighted by Gasteiger charge is 2.30. The molecule has 1 aliphatic carbocycles. The Hall–Kier alpha value is -0.970. The second-order valence-electron chi connectivity index (χ2n) is 4.33. The molecule has 5 heteroatoms. The van der Waals surface area contributed by atoms with Crippen LogP contribution in [0.2, 0.25) is 0 Å². The zero-order chi connectivity index (χ0) is 11.7. The van der Waals surface area contributed by atoms with E-state index in [4.69, 9.17) is 5.11 Å². The lowest BCUT2D eigenvalue weighted by Crippen LogP contribution is -2.08. The van der Waals surface area contributed by atoms with Gasteiger partial charge in [0, 0.05) is 12.2 Å². The van der Waals surface area contributed by atoms with Gasteiger partial charge in [0.05, 0.1) is 11.4 Å². The van der Waals surface area contributed by atoms with Gasteiger partial charge in [0.15, 0.2) is 5.16 Å². The van der Waals surface area contributed by atoms with Crippen LogP contribution in [0.25, 0.3) is 0 Å². The number of nitrogens with zero attached hydrogens (tertiary/aromatic N) is 2. The van der Waals surface area contributed by atoms with Gasteiger partial charge in [-0.2, -0.15) is 0 Å². The Balaban J connectivity index is 2.12. The molecule has 1 aromatic rings. The van der Waals surface area contributed by atoms with Crippen molar-refractivity contribution in [1.29, 1.82) is 0 Å². The minimum absolute atomic E-state index is 0.0772. The maximum atomic E-state index is 10.5. The van der Waals surface area contributed by atoms with E-state index in [0.717, 1.165) is 16.8 Å². The van der Waals surface area contributed by atoms with E-state index < -0.39 is 5.97 Å². The van der Waals surface area contributed by atoms with Gasteiger partial charge < -0.3 is 9.67 Å². The van der Waals surface area contributed by atoms with Crippen molar-refractivity contribution >= 4 is 17.7 Å². The highest BCUT2D eigenvalue weighted by molar-refractivity contribution is 7.99. The average molecular weight is 240 g/mol. The van der Waals surface area contributed by atoms with Crippen LogP contribution in [0.3, 0.4) is 0 Å². The normalized spacial score (nSPS) is 17.4. The molecule has 16 heavy (non-hydrogen) atoms. The van der Waals surface area contributed by atoms with Crippen LogP contribution in [0.15, 0.2) is 11.4 Å². The predicted molar refractivity (Wildman–Crippen MR) is 62.8 cm³/mol. The van der Waals surface area contributed by atoms with Gasteiger partial charge in [0.2, 0.25) is 0 Å². The van der Waals surface area contributed by atoms with Crippen molar-refractivity contribution in [1.82, 2.24) is 9.55 Å². The number of aryl methyl sites for hydroxylation is 1. The first-order valence-corrected chi connectivity index (χ1v) is 6.46. The first-order chi connectivity index (χ1) is 7.58. The molecular formula is C11H16N2O2S. The van der Waals surface area contributed by atoms with Crippen LogP contribution >= 0.6 is 11.8 Å². The number of carbonyl (C=O) groups is 1. The van der Waals surface area contributed by atoms with Crippen molar-refractivity contribution in [3.63, 3.8) is 0 Å². The van der Waals surface area contributed by atoms with Crippen LogP contribution in [-0.4, -0.2) is 26.4 Å². The Kier molecular flexibility index (Phi) is 3.23. The topological polar surface area (TPSA) is 55.1 Å². The van der Waals surface area contributed by atoms with E-state index in [-0.39, 0.29) is 5.75 Å². The Morgan fingerprint density at radius 1 is 1.75 bits per heavy atom. The van der Waals surface area contributed by atoms with E-state index >= 15 is 0 Å². The Morgan fingerprint density at radius 3 is 3.00 bits per heavy atom. The summed E-state index contributed by atoms with van der Waals surface area (Å²) in [5.74, 6) is 0.0301. The number of imidazole rings is 1. The summed E-state index contributed by atoms with van der Waals surface area (Å²) in [4.78, 5) is 14.9. The Bertz CT molecular complexity index is 399. The van der Waals surface area contributed by atoms with Gasteiger partial charge in [0.25, 0.3) is 0 Å². The molecule has 4 nitrogen and oxygen atoms in total. The summed E-state index contributed by atoms with van der Waals surface area (Å²) in [6, 6.07) is 0.442. The number of carboxylic acid groups (broad SMARTS) is 1. The number of thioether (sulfide) groups is 1. The number of aliphatic carboxylic acids is 1. The molecule has 1 fully saturated rings. The maximum absolute atomic E-state index is 10.5. The zero-order valence-corrected chi connectivity index (χ0v) is 10.3. The quantitative estimate of drug-likeness (QED) is 0.803. The summed E-state index contributed by atoms with van der Waals surface area (Å²) in [5.41, 5.74) is 0.959. The van der Waals surface area contributed by atoms with Gasteiger partial charge >= 0.3 is 5.97 Å². The Labute approximate surface area is 99.1 Å². The summed E-state index contributed by atoms with van der Waals surface area (Å²) in [7, 11) is 0. The van der Waals surface area contributed by atoms with Crippen LogP contribution in [0.4, 0.5) is 0 Å². The smallest absolute Gasteiger partial charge is 0.313 e. The molecule has 0 amide bonds. The highest BCUT2D eigenvalue weighted by Crippen LogP contribution is 2.40. The number of hydrogen-bond acceptors (Lipinski definition) is 3. The van der Waals surface area contributed by atoms with Crippen LogP contribution in [0.5, 0.6) is 0 Å². The predicted octanol–water partition coefficient (Wildman–Crippen LogP) is 2.34. The molecular weight excluding hydrogens is 224 g/mol. The standard InChI is InChI=1S/C11H16N2O2S/c1-7-5-13(8(2)9-3-4-9)11(12-7)16-6-10(14)15/h5,8-9H,3-4,6H2,1-2H3,(H,14,15). The molecule has 0 saturated heterocycles. The molecule has 1 atom stereocenters. The third kappa shape index (κ3) is 2.58. The van der Waals surface area contributed by atoms with Crippen LogP contribution in [-0.2, 0) is 4.79 Å². The molecule has 0 bridgehead atoms. The molecule has 2 rings (SSSR count). The monoisotopic (exact) mass is 240 g/mol. The van der Waals surface area contributed by atoms with Crippen LogP contribution in [0.1, 0.15) is 31.5 Å². The van der Waals surface area contributed by atoms with E-state index in [1.54, 1.807) is 0 Å². The summed E-state index contributed by atoms with van der Waals surface area (Å²) in [6.45, 7) is 4.13. The molecule has 0 aromatic carbocycles. The Morgan fingerprint density at radius 2 is 2.44 bits per heavy atom. The number of hydrogen-bond donors (Lipinski definition) is 1. The van der Waals surface area contributed by atoms with E-state index in [0.29, 0.717) is 6.04 Å². The minimum Gasteiger partial charge on any atom is -0.481 e. The van der Waals surface area contributed by atoms with Crippen molar-refractivity contribution in [2.75, 3.05) is 5.75 Å². The first-order valence-electron chi connectivity index (χ1n) is 5.48. The number of carboxylic acids is 1. The van der Waals surface area contributed by atoms with Gasteiger partial charge in [-0.25, -0.2) is 4.98 Å². The minimum atomic E-state index is -0.795. The molecule has 0 radical (unpaired) electrons. The van der Waals surface area contributed by atoms with E-state index in [2.05, 4.69) is 16.5 Å². The molecule has 1 heterocycles. The maximum Gasteiger partial charge on any atom is 0.313 e. The fourth-order valence-electron chi connectivity index (χ4n) is 1.82. The molecule has 1 N–H and O–H groups in total. The van der Waals surface area contributed by atoms with E-state index in [1.165, 1.54) is 24.6 Å². The molecule has 1 aliphatic rings. The first kappa shape index (κ1) is 11.5. The lowest BCUT2D eigenvalue weighted by atomic mass is 10.2. The van der Waals surface area contributed by atoms with Crippen molar-refractivity contribution in [2.45, 2.75) is 37.9 Å². The largest absolute Gasteiger partial charge is 0.481 e. The molecule has 1 unspecified atom stereocenters. The van der Waals surface area contributed by atoms with Gasteiger partial charge in [-0.05, 0) is 32.6 Å². The fraction of sp³-hybridized carbons (Fsp3) is 0.636. The molecule has 1 saturated carbocycles. The summed E-state index contributed by atoms with van der Waals surface area (Å²) in [6.07, 6.45) is 4.58. The second kappa shape index (κ2) is 4.49. The van der Waals surface area contributed by atoms with Crippen molar-refractivity contribution in [3.8, 4) is 0 Å². The number of rotatable bonds is 5. The molecule has 88 valence electrons. The summed E-state index contributed by atoms with van der Waals surface area (Å²) >= 11 is 1.30. The molecule has 1 aromatic heterocycles. The van der Waals surface area contributed by atoms with Crippen molar-refractivity contribution < 1.29 is 9.90 Å². The number of aromatic nitrogens is 2. The van der Waals surface area contributed by atoms with Gasteiger partial charge in [-0.15, -0.1) is 0 Å². The third-order valence-corrected chi connectivity index (χ3v) is 3.84. The highest BCUT2D eigenvalue weighted by atomic mass is 32.2. The van der Waals surface area contributed by atoms with Gasteiger partial charge in [0.1, 0.15) is 0 Å². The average Bonchev–Trinajstić information content (AvgIpc) is 2.98. The molecule has 0 aliphatic heterocycles. The summed E-state index contributed by atoms with van der Waals surface area (Å²) in [5, 5.41) is 9.51. The fourth-order valence-corrected chi connectivity index (χ4v) is 2.65. The summed E-state index contributed by atoms with van der Waals surface area (Å²) < 4.78 is 2.13. The SMILES string of the molecule is Cc1cn(C(C)C2CC2)c(SCC(=O)O)n1. The van der Waals surface area contributed by atoms with Crippen molar-refractivity contribution in [3.05, 3.63) is 11.9 Å². The molecule has 0 spiro atoms. The van der Waals surface area contributed by atoms with E-state index in [1.807, 2.05) is 13.1 Å². The van der Waals surface area contributed by atoms with E-state index in [9.17, 15) is 4.79 Å². The zero-order valence-electron chi connectivity index (χ0n) is 9.51. The van der Waals surface area contributed by atoms with Crippen molar-refractivity contribution in [2.24, 2.45) is 5.92 Å². The van der Waals surface area contributed by atoms with Gasteiger partial charge in [-0.3, -0.25) is 4.79 Å². The van der Waals surface area contributed by atoms with Crippen LogP contribution in [0, 0.1) is 12.8 Å².